The Labute approximate surface area is 115 Å². The van der Waals surface area contributed by atoms with Gasteiger partial charge in [0.25, 0.3) is 0 Å². The molecule has 1 unspecified atom stereocenters. The molecule has 1 aromatic carbocycles. The Bertz CT molecular complexity index is 415. The summed E-state index contributed by atoms with van der Waals surface area (Å²) < 4.78 is 11.4. The third kappa shape index (κ3) is 2.93. The SMILES string of the molecule is COC1(CC(N)c2ccc(OC3CC3)cc2)CCC1. The van der Waals surface area contributed by atoms with Crippen molar-refractivity contribution in [3.63, 3.8) is 0 Å². The van der Waals surface area contributed by atoms with Crippen molar-refractivity contribution in [2.24, 2.45) is 5.73 Å². The zero-order valence-electron chi connectivity index (χ0n) is 11.6. The summed E-state index contributed by atoms with van der Waals surface area (Å²) in [7, 11) is 1.80. The van der Waals surface area contributed by atoms with Gasteiger partial charge < -0.3 is 15.2 Å². The van der Waals surface area contributed by atoms with Gasteiger partial charge in [0.05, 0.1) is 11.7 Å². The van der Waals surface area contributed by atoms with Crippen molar-refractivity contribution in [2.45, 2.75) is 56.3 Å². The van der Waals surface area contributed by atoms with Gasteiger partial charge in [0.2, 0.25) is 0 Å². The van der Waals surface area contributed by atoms with Crippen LogP contribution in [0.5, 0.6) is 5.75 Å². The van der Waals surface area contributed by atoms with Crippen LogP contribution in [0.2, 0.25) is 0 Å². The molecule has 0 heterocycles. The fraction of sp³-hybridized carbons (Fsp3) is 0.625. The molecule has 2 fully saturated rings. The standard InChI is InChI=1S/C16H23NO2/c1-18-16(9-2-10-16)11-15(17)12-3-5-13(6-4-12)19-14-7-8-14/h3-6,14-15H,2,7-11,17H2,1H3. The average Bonchev–Trinajstić information content (AvgIpc) is 3.18. The van der Waals surface area contributed by atoms with Crippen LogP contribution in [0.25, 0.3) is 0 Å². The maximum Gasteiger partial charge on any atom is 0.119 e. The van der Waals surface area contributed by atoms with Gasteiger partial charge in [-0.05, 0) is 56.2 Å². The van der Waals surface area contributed by atoms with Crippen LogP contribution in [0.1, 0.15) is 50.1 Å². The van der Waals surface area contributed by atoms with Gasteiger partial charge in [-0.25, -0.2) is 0 Å². The van der Waals surface area contributed by atoms with Gasteiger partial charge in [0, 0.05) is 13.2 Å². The quantitative estimate of drug-likeness (QED) is 0.855. The van der Waals surface area contributed by atoms with E-state index in [1.54, 1.807) is 7.11 Å². The van der Waals surface area contributed by atoms with E-state index in [1.165, 1.54) is 24.8 Å². The first kappa shape index (κ1) is 12.9. The molecule has 0 bridgehead atoms. The molecule has 104 valence electrons. The van der Waals surface area contributed by atoms with Crippen LogP contribution in [-0.2, 0) is 4.74 Å². The Morgan fingerprint density at radius 1 is 1.26 bits per heavy atom. The van der Waals surface area contributed by atoms with E-state index in [0.29, 0.717) is 6.10 Å². The van der Waals surface area contributed by atoms with Crippen LogP contribution < -0.4 is 10.5 Å². The maximum absolute atomic E-state index is 6.31. The Morgan fingerprint density at radius 2 is 1.95 bits per heavy atom. The number of nitrogens with two attached hydrogens (primary N) is 1. The largest absolute Gasteiger partial charge is 0.490 e. The van der Waals surface area contributed by atoms with Gasteiger partial charge in [0.1, 0.15) is 5.75 Å². The monoisotopic (exact) mass is 261 g/mol. The topological polar surface area (TPSA) is 44.5 Å². The van der Waals surface area contributed by atoms with E-state index >= 15 is 0 Å². The first-order valence-electron chi connectivity index (χ1n) is 7.28. The molecule has 19 heavy (non-hydrogen) atoms. The van der Waals surface area contributed by atoms with E-state index in [1.807, 2.05) is 12.1 Å². The summed E-state index contributed by atoms with van der Waals surface area (Å²) >= 11 is 0. The van der Waals surface area contributed by atoms with Crippen LogP contribution in [0.3, 0.4) is 0 Å². The third-order valence-electron chi connectivity index (χ3n) is 4.43. The molecule has 3 rings (SSSR count). The van der Waals surface area contributed by atoms with E-state index in [0.717, 1.165) is 25.0 Å². The molecular weight excluding hydrogens is 238 g/mol. The second-order valence-electron chi connectivity index (χ2n) is 5.94. The lowest BCUT2D eigenvalue weighted by molar-refractivity contribution is -0.0816. The lowest BCUT2D eigenvalue weighted by Crippen LogP contribution is -2.41. The fourth-order valence-corrected chi connectivity index (χ4v) is 2.75. The molecule has 1 atom stereocenters. The second-order valence-corrected chi connectivity index (χ2v) is 5.94. The minimum atomic E-state index is 0.0304. The summed E-state index contributed by atoms with van der Waals surface area (Å²) in [4.78, 5) is 0. The van der Waals surface area contributed by atoms with E-state index < -0.39 is 0 Å². The first-order valence-corrected chi connectivity index (χ1v) is 7.28. The summed E-state index contributed by atoms with van der Waals surface area (Å²) in [5, 5.41) is 0. The van der Waals surface area contributed by atoms with Crippen LogP contribution in [0.4, 0.5) is 0 Å². The molecule has 0 aliphatic heterocycles. The van der Waals surface area contributed by atoms with Gasteiger partial charge >= 0.3 is 0 Å². The van der Waals surface area contributed by atoms with Crippen molar-refractivity contribution in [3.05, 3.63) is 29.8 Å². The van der Waals surface area contributed by atoms with Crippen LogP contribution in [-0.4, -0.2) is 18.8 Å². The lowest BCUT2D eigenvalue weighted by atomic mass is 9.75. The van der Waals surface area contributed by atoms with Crippen molar-refractivity contribution < 1.29 is 9.47 Å². The summed E-state index contributed by atoms with van der Waals surface area (Å²) in [5.74, 6) is 0.962. The fourth-order valence-electron chi connectivity index (χ4n) is 2.75. The molecule has 0 radical (unpaired) electrons. The lowest BCUT2D eigenvalue weighted by Gasteiger charge is -2.42. The molecule has 3 heteroatoms. The molecule has 0 aromatic heterocycles. The molecule has 1 aromatic rings. The van der Waals surface area contributed by atoms with Crippen molar-refractivity contribution in [1.82, 2.24) is 0 Å². The van der Waals surface area contributed by atoms with Crippen molar-refractivity contribution in [2.75, 3.05) is 7.11 Å². The van der Waals surface area contributed by atoms with Gasteiger partial charge in [-0.2, -0.15) is 0 Å². The number of ether oxygens (including phenoxy) is 2. The Kier molecular flexibility index (Phi) is 3.50. The van der Waals surface area contributed by atoms with E-state index in [2.05, 4.69) is 12.1 Å². The predicted octanol–water partition coefficient (Wildman–Crippen LogP) is 3.19. The van der Waals surface area contributed by atoms with Crippen molar-refractivity contribution in [1.29, 1.82) is 0 Å². The average molecular weight is 261 g/mol. The van der Waals surface area contributed by atoms with E-state index in [4.69, 9.17) is 15.2 Å². The van der Waals surface area contributed by atoms with Gasteiger partial charge in [-0.1, -0.05) is 12.1 Å². The number of hydrogen-bond acceptors (Lipinski definition) is 3. The van der Waals surface area contributed by atoms with Crippen LogP contribution >= 0.6 is 0 Å². The van der Waals surface area contributed by atoms with Gasteiger partial charge in [-0.3, -0.25) is 0 Å². The van der Waals surface area contributed by atoms with Crippen molar-refractivity contribution >= 4 is 0 Å². The Balaban J connectivity index is 1.60. The molecule has 3 nitrogen and oxygen atoms in total. The summed E-state index contributed by atoms with van der Waals surface area (Å²) in [5.41, 5.74) is 7.51. The minimum absolute atomic E-state index is 0.0304. The van der Waals surface area contributed by atoms with Crippen LogP contribution in [0, 0.1) is 0 Å². The second kappa shape index (κ2) is 5.14. The van der Waals surface area contributed by atoms with Gasteiger partial charge in [0.15, 0.2) is 0 Å². The Hall–Kier alpha value is -1.06. The summed E-state index contributed by atoms with van der Waals surface area (Å²) in [6.45, 7) is 0. The molecule has 2 aliphatic carbocycles. The molecule has 2 N–H and O–H groups in total. The predicted molar refractivity (Wildman–Crippen MR) is 75.2 cm³/mol. The highest BCUT2D eigenvalue weighted by atomic mass is 16.5. The summed E-state index contributed by atoms with van der Waals surface area (Å²) in [6, 6.07) is 8.30. The van der Waals surface area contributed by atoms with E-state index in [9.17, 15) is 0 Å². The van der Waals surface area contributed by atoms with E-state index in [-0.39, 0.29) is 11.6 Å². The highest BCUT2D eigenvalue weighted by Gasteiger charge is 2.38. The van der Waals surface area contributed by atoms with Gasteiger partial charge in [-0.15, -0.1) is 0 Å². The molecule has 2 aliphatic rings. The van der Waals surface area contributed by atoms with Crippen molar-refractivity contribution in [3.8, 4) is 5.75 Å². The number of methoxy groups -OCH3 is 1. The summed E-state index contributed by atoms with van der Waals surface area (Å²) in [6.07, 6.45) is 7.28. The third-order valence-corrected chi connectivity index (χ3v) is 4.43. The molecule has 0 saturated heterocycles. The normalized spacial score (nSPS) is 22.6. The van der Waals surface area contributed by atoms with Crippen LogP contribution in [0.15, 0.2) is 24.3 Å². The Morgan fingerprint density at radius 3 is 2.42 bits per heavy atom. The molecular formula is C16H23NO2. The molecule has 2 saturated carbocycles. The first-order chi connectivity index (χ1) is 9.21. The number of benzene rings is 1. The minimum Gasteiger partial charge on any atom is -0.490 e. The molecule has 0 spiro atoms. The highest BCUT2D eigenvalue weighted by molar-refractivity contribution is 5.29. The number of rotatable bonds is 6. The smallest absolute Gasteiger partial charge is 0.119 e. The maximum atomic E-state index is 6.31. The highest BCUT2D eigenvalue weighted by Crippen LogP contribution is 2.41. The zero-order chi connectivity index (χ0) is 13.3. The number of hydrogen-bond donors (Lipinski definition) is 1. The molecule has 0 amide bonds. The zero-order valence-corrected chi connectivity index (χ0v) is 11.6.